The van der Waals surface area contributed by atoms with Crippen LogP contribution in [0, 0.1) is 0 Å². The molecule has 3 rings (SSSR count). The molecule has 1 aliphatic rings. The van der Waals surface area contributed by atoms with Crippen LogP contribution in [0.1, 0.15) is 11.7 Å². The fraction of sp³-hybridized carbons (Fsp3) is 0.400. The highest BCUT2D eigenvalue weighted by molar-refractivity contribution is 5.58. The second-order valence-electron chi connectivity index (χ2n) is 6.25. The molecule has 1 aliphatic heterocycles. The number of hydrogen-bond donors (Lipinski definition) is 1. The van der Waals surface area contributed by atoms with Crippen LogP contribution in [0.15, 0.2) is 48.5 Å². The zero-order chi connectivity index (χ0) is 17.6. The van der Waals surface area contributed by atoms with Gasteiger partial charge in [-0.25, -0.2) is 0 Å². The van der Waals surface area contributed by atoms with E-state index in [1.165, 1.54) is 0 Å². The Balaban J connectivity index is 1.57. The molecule has 5 heteroatoms. The topological polar surface area (TPSA) is 45.2 Å². The first-order chi connectivity index (χ1) is 12.2. The van der Waals surface area contributed by atoms with E-state index in [0.717, 1.165) is 48.9 Å². The van der Waals surface area contributed by atoms with Crippen LogP contribution in [0.3, 0.4) is 0 Å². The Labute approximate surface area is 149 Å². The molecule has 25 heavy (non-hydrogen) atoms. The number of β-amino-alcohol motifs (C(OH)–C–C–N with tert-alkyl or cyclic N) is 1. The molecule has 0 saturated carbocycles. The van der Waals surface area contributed by atoms with Crippen LogP contribution in [0.4, 0.5) is 5.69 Å². The van der Waals surface area contributed by atoms with Crippen molar-refractivity contribution < 1.29 is 14.6 Å². The van der Waals surface area contributed by atoms with Crippen molar-refractivity contribution in [3.8, 4) is 11.5 Å². The zero-order valence-electron chi connectivity index (χ0n) is 14.9. The van der Waals surface area contributed by atoms with E-state index >= 15 is 0 Å². The highest BCUT2D eigenvalue weighted by atomic mass is 16.5. The van der Waals surface area contributed by atoms with Gasteiger partial charge in [0.25, 0.3) is 0 Å². The summed E-state index contributed by atoms with van der Waals surface area (Å²) in [6, 6.07) is 15.8. The van der Waals surface area contributed by atoms with Crippen molar-refractivity contribution in [1.29, 1.82) is 0 Å². The van der Waals surface area contributed by atoms with Crippen LogP contribution in [-0.4, -0.2) is 56.9 Å². The molecule has 0 bridgehead atoms. The van der Waals surface area contributed by atoms with Crippen molar-refractivity contribution in [2.75, 3.05) is 51.8 Å². The van der Waals surface area contributed by atoms with E-state index in [4.69, 9.17) is 9.47 Å². The van der Waals surface area contributed by atoms with E-state index in [9.17, 15) is 5.11 Å². The van der Waals surface area contributed by atoms with Gasteiger partial charge in [-0.2, -0.15) is 0 Å². The first-order valence-corrected chi connectivity index (χ1v) is 8.63. The standard InChI is InChI=1S/C20H26N2O3/c1-24-17-7-5-6-16(14-17)19(23)15-21-10-12-22(13-11-21)18-8-3-4-9-20(18)25-2/h3-9,14,19,23H,10-13,15H2,1-2H3/t19-/m0/s1. The molecule has 0 aromatic heterocycles. The number of anilines is 1. The Bertz CT molecular complexity index is 684. The van der Waals surface area contributed by atoms with E-state index in [-0.39, 0.29) is 0 Å². The van der Waals surface area contributed by atoms with Crippen LogP contribution in [0.5, 0.6) is 11.5 Å². The predicted octanol–water partition coefficient (Wildman–Crippen LogP) is 2.56. The van der Waals surface area contributed by atoms with E-state index < -0.39 is 6.10 Å². The van der Waals surface area contributed by atoms with Gasteiger partial charge in [-0.3, -0.25) is 4.90 Å². The van der Waals surface area contributed by atoms with E-state index in [1.807, 2.05) is 42.5 Å². The van der Waals surface area contributed by atoms with Gasteiger partial charge in [0.2, 0.25) is 0 Å². The van der Waals surface area contributed by atoms with Gasteiger partial charge < -0.3 is 19.5 Å². The second-order valence-corrected chi connectivity index (χ2v) is 6.25. The van der Waals surface area contributed by atoms with Crippen LogP contribution >= 0.6 is 0 Å². The van der Waals surface area contributed by atoms with Gasteiger partial charge >= 0.3 is 0 Å². The van der Waals surface area contributed by atoms with E-state index in [2.05, 4.69) is 15.9 Å². The van der Waals surface area contributed by atoms with Crippen molar-refractivity contribution in [1.82, 2.24) is 4.90 Å². The summed E-state index contributed by atoms with van der Waals surface area (Å²) in [5.74, 6) is 1.69. The molecule has 2 aromatic carbocycles. The minimum Gasteiger partial charge on any atom is -0.497 e. The number of piperazine rings is 1. The molecule has 1 heterocycles. The van der Waals surface area contributed by atoms with Crippen molar-refractivity contribution >= 4 is 5.69 Å². The number of methoxy groups -OCH3 is 2. The Hall–Kier alpha value is -2.24. The summed E-state index contributed by atoms with van der Waals surface area (Å²) in [6.07, 6.45) is -0.507. The summed E-state index contributed by atoms with van der Waals surface area (Å²) in [5, 5.41) is 10.5. The SMILES string of the molecule is COc1cccc([C@@H](O)CN2CCN(c3ccccc3OC)CC2)c1. The largest absolute Gasteiger partial charge is 0.497 e. The number of aliphatic hydroxyl groups excluding tert-OH is 1. The number of aliphatic hydroxyl groups is 1. The highest BCUT2D eigenvalue weighted by Gasteiger charge is 2.21. The lowest BCUT2D eigenvalue weighted by Crippen LogP contribution is -2.47. The van der Waals surface area contributed by atoms with Gasteiger partial charge in [0, 0.05) is 32.7 Å². The molecule has 0 aliphatic carbocycles. The van der Waals surface area contributed by atoms with E-state index in [1.54, 1.807) is 14.2 Å². The number of hydrogen-bond acceptors (Lipinski definition) is 5. The molecule has 0 amide bonds. The maximum absolute atomic E-state index is 10.5. The first-order valence-electron chi connectivity index (χ1n) is 8.63. The van der Waals surface area contributed by atoms with Gasteiger partial charge in [-0.1, -0.05) is 24.3 Å². The van der Waals surface area contributed by atoms with Crippen molar-refractivity contribution in [2.24, 2.45) is 0 Å². The Kier molecular flexibility index (Phi) is 5.79. The lowest BCUT2D eigenvalue weighted by Gasteiger charge is -2.37. The fourth-order valence-corrected chi connectivity index (χ4v) is 3.26. The van der Waals surface area contributed by atoms with Gasteiger partial charge in [-0.15, -0.1) is 0 Å². The van der Waals surface area contributed by atoms with E-state index in [0.29, 0.717) is 6.54 Å². The predicted molar refractivity (Wildman–Crippen MR) is 99.6 cm³/mol. The quantitative estimate of drug-likeness (QED) is 0.874. The highest BCUT2D eigenvalue weighted by Crippen LogP contribution is 2.28. The second kappa shape index (κ2) is 8.23. The van der Waals surface area contributed by atoms with Crippen LogP contribution in [-0.2, 0) is 0 Å². The summed E-state index contributed by atoms with van der Waals surface area (Å²) in [4.78, 5) is 4.64. The van der Waals surface area contributed by atoms with Gasteiger partial charge in [-0.05, 0) is 29.8 Å². The monoisotopic (exact) mass is 342 g/mol. The number of para-hydroxylation sites is 2. The summed E-state index contributed by atoms with van der Waals surface area (Å²) in [7, 11) is 3.35. The molecular formula is C20H26N2O3. The Morgan fingerprint density at radius 2 is 1.72 bits per heavy atom. The van der Waals surface area contributed by atoms with Gasteiger partial charge in [0.1, 0.15) is 11.5 Å². The average molecular weight is 342 g/mol. The molecule has 0 unspecified atom stereocenters. The lowest BCUT2D eigenvalue weighted by atomic mass is 10.1. The third kappa shape index (κ3) is 4.24. The van der Waals surface area contributed by atoms with Crippen LogP contribution in [0.2, 0.25) is 0 Å². The minimum atomic E-state index is -0.507. The van der Waals surface area contributed by atoms with Gasteiger partial charge in [0.05, 0.1) is 26.0 Å². The third-order valence-electron chi connectivity index (χ3n) is 4.71. The number of ether oxygens (including phenoxy) is 2. The summed E-state index contributed by atoms with van der Waals surface area (Å²) in [6.45, 7) is 4.31. The van der Waals surface area contributed by atoms with Crippen molar-refractivity contribution in [2.45, 2.75) is 6.10 Å². The summed E-state index contributed by atoms with van der Waals surface area (Å²) >= 11 is 0. The first kappa shape index (κ1) is 17.6. The van der Waals surface area contributed by atoms with Crippen molar-refractivity contribution in [3.63, 3.8) is 0 Å². The summed E-state index contributed by atoms with van der Waals surface area (Å²) < 4.78 is 10.7. The molecule has 1 saturated heterocycles. The fourth-order valence-electron chi connectivity index (χ4n) is 3.26. The molecular weight excluding hydrogens is 316 g/mol. The molecule has 1 N–H and O–H groups in total. The molecule has 2 aromatic rings. The Morgan fingerprint density at radius 3 is 2.44 bits per heavy atom. The minimum absolute atomic E-state index is 0.507. The normalized spacial score (nSPS) is 16.5. The lowest BCUT2D eigenvalue weighted by molar-refractivity contribution is 0.109. The number of nitrogens with zero attached hydrogens (tertiary/aromatic N) is 2. The maximum Gasteiger partial charge on any atom is 0.142 e. The Morgan fingerprint density at radius 1 is 0.960 bits per heavy atom. The molecule has 0 radical (unpaired) electrons. The number of rotatable bonds is 6. The van der Waals surface area contributed by atoms with Crippen LogP contribution < -0.4 is 14.4 Å². The van der Waals surface area contributed by atoms with Crippen LogP contribution in [0.25, 0.3) is 0 Å². The van der Waals surface area contributed by atoms with Crippen molar-refractivity contribution in [3.05, 3.63) is 54.1 Å². The third-order valence-corrected chi connectivity index (χ3v) is 4.71. The maximum atomic E-state index is 10.5. The summed E-state index contributed by atoms with van der Waals surface area (Å²) in [5.41, 5.74) is 2.03. The molecule has 0 spiro atoms. The molecule has 134 valence electrons. The molecule has 1 atom stereocenters. The van der Waals surface area contributed by atoms with Gasteiger partial charge in [0.15, 0.2) is 0 Å². The molecule has 5 nitrogen and oxygen atoms in total. The zero-order valence-corrected chi connectivity index (χ0v) is 14.9. The molecule has 1 fully saturated rings. The smallest absolute Gasteiger partial charge is 0.142 e. The number of benzene rings is 2. The average Bonchev–Trinajstić information content (AvgIpc) is 2.68.